The van der Waals surface area contributed by atoms with E-state index < -0.39 is 0 Å². The molecule has 6 heteroatoms. The number of carbonyl (C=O) groups is 1. The van der Waals surface area contributed by atoms with Crippen LogP contribution >= 0.6 is 11.3 Å². The summed E-state index contributed by atoms with van der Waals surface area (Å²) in [5, 5.41) is 9.30. The van der Waals surface area contributed by atoms with E-state index in [1.165, 1.54) is 0 Å². The van der Waals surface area contributed by atoms with Crippen molar-refractivity contribution in [1.29, 1.82) is 0 Å². The van der Waals surface area contributed by atoms with Gasteiger partial charge in [-0.05, 0) is 36.9 Å². The van der Waals surface area contributed by atoms with Gasteiger partial charge in [0.25, 0.3) is 5.91 Å². The van der Waals surface area contributed by atoms with Crippen LogP contribution in [0, 0.1) is 13.8 Å². The molecule has 3 heterocycles. The van der Waals surface area contributed by atoms with Gasteiger partial charge >= 0.3 is 0 Å². The third-order valence-electron chi connectivity index (χ3n) is 3.82. The maximum atomic E-state index is 12.5. The quantitative estimate of drug-likeness (QED) is 0.801. The molecule has 5 nitrogen and oxygen atoms in total. The van der Waals surface area contributed by atoms with Gasteiger partial charge in [0.15, 0.2) is 0 Å². The summed E-state index contributed by atoms with van der Waals surface area (Å²) in [6, 6.07) is 7.91. The van der Waals surface area contributed by atoms with Crippen LogP contribution in [0.5, 0.6) is 0 Å². The molecule has 118 valence electrons. The molecule has 3 rings (SSSR count). The number of aryl methyl sites for hydroxylation is 2. The molecule has 0 saturated heterocycles. The summed E-state index contributed by atoms with van der Waals surface area (Å²) in [7, 11) is 1.84. The number of hydrogen-bond donors (Lipinski definition) is 1. The summed E-state index contributed by atoms with van der Waals surface area (Å²) in [5.74, 6) is -0.103. The zero-order chi connectivity index (χ0) is 16.4. The van der Waals surface area contributed by atoms with Crippen LogP contribution in [0.15, 0.2) is 35.8 Å². The van der Waals surface area contributed by atoms with Gasteiger partial charge in [-0.1, -0.05) is 12.1 Å². The van der Waals surface area contributed by atoms with Crippen molar-refractivity contribution in [3.05, 3.63) is 58.4 Å². The molecule has 3 aromatic heterocycles. The van der Waals surface area contributed by atoms with E-state index in [2.05, 4.69) is 15.4 Å². The van der Waals surface area contributed by atoms with Gasteiger partial charge in [-0.15, -0.1) is 11.3 Å². The largest absolute Gasteiger partial charge is 0.348 e. The minimum atomic E-state index is -0.103. The van der Waals surface area contributed by atoms with Crippen molar-refractivity contribution in [2.45, 2.75) is 20.4 Å². The fraction of sp³-hybridized carbons (Fsp3) is 0.235. The SMILES string of the molecule is Cc1nn(C)c(C)c1C(=O)NCc1cccnc1-c1cccs1. The Morgan fingerprint density at radius 3 is 2.78 bits per heavy atom. The van der Waals surface area contributed by atoms with E-state index in [0.717, 1.165) is 27.5 Å². The van der Waals surface area contributed by atoms with Crippen molar-refractivity contribution in [3.8, 4) is 10.6 Å². The highest BCUT2D eigenvalue weighted by molar-refractivity contribution is 7.13. The molecule has 0 aliphatic rings. The Hall–Kier alpha value is -2.47. The summed E-state index contributed by atoms with van der Waals surface area (Å²) in [6.07, 6.45) is 1.77. The van der Waals surface area contributed by atoms with Gasteiger partial charge in [0, 0.05) is 25.5 Å². The minimum absolute atomic E-state index is 0.103. The van der Waals surface area contributed by atoms with Crippen LogP contribution in [0.25, 0.3) is 10.6 Å². The highest BCUT2D eigenvalue weighted by Crippen LogP contribution is 2.25. The summed E-state index contributed by atoms with van der Waals surface area (Å²) < 4.78 is 1.73. The van der Waals surface area contributed by atoms with Crippen LogP contribution in [0.3, 0.4) is 0 Å². The smallest absolute Gasteiger partial charge is 0.255 e. The number of rotatable bonds is 4. The maximum Gasteiger partial charge on any atom is 0.255 e. The molecular formula is C17H18N4OS. The number of amides is 1. The van der Waals surface area contributed by atoms with E-state index in [1.807, 2.05) is 50.5 Å². The summed E-state index contributed by atoms with van der Waals surface area (Å²) in [4.78, 5) is 18.0. The van der Waals surface area contributed by atoms with Crippen LogP contribution in [-0.4, -0.2) is 20.7 Å². The second-order valence-corrected chi connectivity index (χ2v) is 6.29. The highest BCUT2D eigenvalue weighted by atomic mass is 32.1. The monoisotopic (exact) mass is 326 g/mol. The first-order chi connectivity index (χ1) is 11.1. The summed E-state index contributed by atoms with van der Waals surface area (Å²) in [6.45, 7) is 4.19. The third kappa shape index (κ3) is 3.03. The molecule has 3 aromatic rings. The first-order valence-electron chi connectivity index (χ1n) is 7.34. The molecule has 0 aromatic carbocycles. The van der Waals surface area contributed by atoms with Crippen molar-refractivity contribution in [1.82, 2.24) is 20.1 Å². The van der Waals surface area contributed by atoms with Gasteiger partial charge in [0.1, 0.15) is 0 Å². The molecular weight excluding hydrogens is 308 g/mol. The molecule has 0 aliphatic heterocycles. The van der Waals surface area contributed by atoms with Crippen LogP contribution in [-0.2, 0) is 13.6 Å². The Bertz CT molecular complexity index is 836. The molecule has 0 unspecified atom stereocenters. The number of carbonyl (C=O) groups excluding carboxylic acids is 1. The van der Waals surface area contributed by atoms with Gasteiger partial charge in [0.05, 0.1) is 21.8 Å². The fourth-order valence-electron chi connectivity index (χ4n) is 2.58. The maximum absolute atomic E-state index is 12.5. The van der Waals surface area contributed by atoms with Crippen molar-refractivity contribution in [2.24, 2.45) is 7.05 Å². The van der Waals surface area contributed by atoms with Gasteiger partial charge in [-0.3, -0.25) is 14.5 Å². The van der Waals surface area contributed by atoms with Crippen LogP contribution in [0.2, 0.25) is 0 Å². The first kappa shape index (κ1) is 15.4. The van der Waals surface area contributed by atoms with Crippen molar-refractivity contribution < 1.29 is 4.79 Å². The third-order valence-corrected chi connectivity index (χ3v) is 4.70. The van der Waals surface area contributed by atoms with Gasteiger partial charge in [-0.25, -0.2) is 0 Å². The molecule has 0 fully saturated rings. The first-order valence-corrected chi connectivity index (χ1v) is 8.22. The van der Waals surface area contributed by atoms with E-state index in [0.29, 0.717) is 12.1 Å². The second-order valence-electron chi connectivity index (χ2n) is 5.34. The Balaban J connectivity index is 1.80. The Morgan fingerprint density at radius 2 is 2.13 bits per heavy atom. The van der Waals surface area contributed by atoms with Crippen molar-refractivity contribution in [3.63, 3.8) is 0 Å². The highest BCUT2D eigenvalue weighted by Gasteiger charge is 2.17. The topological polar surface area (TPSA) is 59.8 Å². The Morgan fingerprint density at radius 1 is 1.30 bits per heavy atom. The van der Waals surface area contributed by atoms with E-state index in [-0.39, 0.29) is 5.91 Å². The van der Waals surface area contributed by atoms with Gasteiger partial charge < -0.3 is 5.32 Å². The van der Waals surface area contributed by atoms with E-state index >= 15 is 0 Å². The zero-order valence-corrected chi connectivity index (χ0v) is 14.1. The average Bonchev–Trinajstić information content (AvgIpc) is 3.15. The van der Waals surface area contributed by atoms with E-state index in [9.17, 15) is 4.79 Å². The van der Waals surface area contributed by atoms with E-state index in [1.54, 1.807) is 22.2 Å². The Kier molecular flexibility index (Phi) is 4.25. The number of thiophene rings is 1. The summed E-state index contributed by atoms with van der Waals surface area (Å²) >= 11 is 1.64. The molecule has 0 saturated carbocycles. The normalized spacial score (nSPS) is 10.7. The van der Waals surface area contributed by atoms with Crippen molar-refractivity contribution in [2.75, 3.05) is 0 Å². The molecule has 1 N–H and O–H groups in total. The lowest BCUT2D eigenvalue weighted by atomic mass is 10.1. The van der Waals surface area contributed by atoms with Crippen molar-refractivity contribution >= 4 is 17.2 Å². The van der Waals surface area contributed by atoms with Crippen LogP contribution < -0.4 is 5.32 Å². The molecule has 0 radical (unpaired) electrons. The standard InChI is InChI=1S/C17H18N4OS/c1-11-15(12(2)21(3)20-11)17(22)19-10-13-6-4-8-18-16(13)14-7-5-9-23-14/h4-9H,10H2,1-3H3,(H,19,22). The van der Waals surface area contributed by atoms with Crippen LogP contribution in [0.1, 0.15) is 27.3 Å². The number of nitrogens with one attached hydrogen (secondary N) is 1. The number of pyridine rings is 1. The Labute approximate surface area is 139 Å². The zero-order valence-electron chi connectivity index (χ0n) is 13.3. The lowest BCUT2D eigenvalue weighted by molar-refractivity contribution is 0.0949. The lowest BCUT2D eigenvalue weighted by Gasteiger charge is -2.09. The minimum Gasteiger partial charge on any atom is -0.348 e. The number of nitrogens with zero attached hydrogens (tertiary/aromatic N) is 3. The van der Waals surface area contributed by atoms with E-state index in [4.69, 9.17) is 0 Å². The summed E-state index contributed by atoms with van der Waals surface area (Å²) in [5.41, 5.74) is 4.18. The molecule has 0 aliphatic carbocycles. The van der Waals surface area contributed by atoms with Gasteiger partial charge in [0.2, 0.25) is 0 Å². The number of aromatic nitrogens is 3. The molecule has 1 amide bonds. The molecule has 0 bridgehead atoms. The fourth-order valence-corrected chi connectivity index (χ4v) is 3.34. The lowest BCUT2D eigenvalue weighted by Crippen LogP contribution is -2.24. The predicted octanol–water partition coefficient (Wildman–Crippen LogP) is 3.09. The second kappa shape index (κ2) is 6.34. The number of hydrogen-bond acceptors (Lipinski definition) is 4. The van der Waals surface area contributed by atoms with Crippen LogP contribution in [0.4, 0.5) is 0 Å². The average molecular weight is 326 g/mol. The molecule has 0 atom stereocenters. The predicted molar refractivity (Wildman–Crippen MR) is 91.4 cm³/mol. The molecule has 0 spiro atoms. The molecule has 23 heavy (non-hydrogen) atoms. The van der Waals surface area contributed by atoms with Gasteiger partial charge in [-0.2, -0.15) is 5.10 Å².